The number of ketones is 2. The molecule has 0 radical (unpaired) electrons. The van der Waals surface area contributed by atoms with Crippen LogP contribution in [0.4, 0.5) is 0 Å². The molecule has 1 heterocycles. The first-order valence-corrected chi connectivity index (χ1v) is 7.90. The molecule has 120 valence electrons. The van der Waals surface area contributed by atoms with E-state index in [1.165, 1.54) is 24.3 Å². The number of rotatable bonds is 6. The molecule has 0 fully saturated rings. The molecule has 23 heavy (non-hydrogen) atoms. The highest BCUT2D eigenvalue weighted by Crippen LogP contribution is 2.18. The highest BCUT2D eigenvalue weighted by atomic mass is 35.5. The van der Waals surface area contributed by atoms with Crippen molar-refractivity contribution in [3.63, 3.8) is 0 Å². The van der Waals surface area contributed by atoms with Gasteiger partial charge < -0.3 is 5.11 Å². The topological polar surface area (TPSA) is 123 Å². The molecule has 0 amide bonds. The molecule has 0 aliphatic rings. The second-order valence-electron chi connectivity index (χ2n) is 4.35. The van der Waals surface area contributed by atoms with Crippen LogP contribution in [-0.4, -0.2) is 40.2 Å². The van der Waals surface area contributed by atoms with E-state index in [-0.39, 0.29) is 4.90 Å². The van der Waals surface area contributed by atoms with Gasteiger partial charge in [0.2, 0.25) is 5.78 Å². The molecular formula is C13H9ClN2O6S. The number of hydrogen-bond donors (Lipinski definition) is 1. The molecule has 0 bridgehead atoms. The van der Waals surface area contributed by atoms with Gasteiger partial charge in [-0.1, -0.05) is 11.6 Å². The molecule has 1 N–H and O–H groups in total. The lowest BCUT2D eigenvalue weighted by Gasteiger charge is -2.07. The number of carboxylic acid groups (broad SMARTS) is 1. The minimum Gasteiger partial charge on any atom is -0.475 e. The van der Waals surface area contributed by atoms with Gasteiger partial charge >= 0.3 is 5.97 Å². The van der Waals surface area contributed by atoms with Crippen molar-refractivity contribution in [2.45, 2.75) is 11.3 Å². The Bertz CT molecular complexity index is 885. The maximum Gasteiger partial charge on any atom is 0.372 e. The maximum atomic E-state index is 12.5. The minimum atomic E-state index is -4.18. The van der Waals surface area contributed by atoms with Gasteiger partial charge in [-0.05, 0) is 30.3 Å². The van der Waals surface area contributed by atoms with Crippen LogP contribution in [0.1, 0.15) is 16.9 Å². The Balaban J connectivity index is 2.40. The first kappa shape index (κ1) is 16.8. The molecule has 8 nitrogen and oxygen atoms in total. The van der Waals surface area contributed by atoms with Gasteiger partial charge in [0, 0.05) is 5.02 Å². The van der Waals surface area contributed by atoms with Gasteiger partial charge in [-0.3, -0.25) is 9.59 Å². The van der Waals surface area contributed by atoms with Crippen molar-refractivity contribution in [2.75, 3.05) is 0 Å². The van der Waals surface area contributed by atoms with Crippen LogP contribution in [-0.2, 0) is 19.6 Å². The van der Waals surface area contributed by atoms with E-state index in [4.69, 9.17) is 16.7 Å². The van der Waals surface area contributed by atoms with Crippen LogP contribution < -0.4 is 0 Å². The number of halogens is 1. The number of carbonyl (C=O) groups is 3. The van der Waals surface area contributed by atoms with Crippen molar-refractivity contribution in [3.8, 4) is 0 Å². The molecule has 0 saturated carbocycles. The zero-order valence-corrected chi connectivity index (χ0v) is 12.9. The number of nitrogens with zero attached hydrogens (tertiary/aromatic N) is 2. The summed E-state index contributed by atoms with van der Waals surface area (Å²) in [4.78, 5) is 33.4. The van der Waals surface area contributed by atoms with Crippen LogP contribution in [0.2, 0.25) is 5.02 Å². The Morgan fingerprint density at radius 3 is 2.30 bits per heavy atom. The normalized spacial score (nSPS) is 11.2. The smallest absolute Gasteiger partial charge is 0.372 e. The first-order valence-electron chi connectivity index (χ1n) is 6.08. The average molecular weight is 357 g/mol. The Hall–Kier alpha value is -2.52. The molecule has 0 atom stereocenters. The fraction of sp³-hybridized carbons (Fsp3) is 0.0769. The predicted octanol–water partition coefficient (Wildman–Crippen LogP) is 1.00. The number of aliphatic carboxylic acids is 1. The summed E-state index contributed by atoms with van der Waals surface area (Å²) >= 11 is 5.69. The highest BCUT2D eigenvalue weighted by Gasteiger charge is 2.26. The third-order valence-electron chi connectivity index (χ3n) is 2.79. The summed E-state index contributed by atoms with van der Waals surface area (Å²) in [6.07, 6.45) is 0.100. The molecule has 1 aromatic heterocycles. The number of Topliss-reactive ketones (excluding diaryl/α,β-unsaturated/α-hetero) is 2. The van der Waals surface area contributed by atoms with E-state index in [9.17, 15) is 22.8 Å². The lowest BCUT2D eigenvalue weighted by atomic mass is 10.1. The molecule has 0 aliphatic carbocycles. The van der Waals surface area contributed by atoms with E-state index >= 15 is 0 Å². The molecule has 0 saturated heterocycles. The van der Waals surface area contributed by atoms with E-state index in [1.54, 1.807) is 0 Å². The maximum absolute atomic E-state index is 12.5. The number of carbonyl (C=O) groups excluding carboxylic acids is 2. The number of aromatic nitrogens is 2. The largest absolute Gasteiger partial charge is 0.475 e. The molecular weight excluding hydrogens is 348 g/mol. The lowest BCUT2D eigenvalue weighted by Crippen LogP contribution is -2.23. The molecule has 1 aromatic carbocycles. The SMILES string of the molecule is O=C(O)C(=O)CC(=O)c1ccnn1S(=O)(=O)c1ccc(Cl)cc1. The Morgan fingerprint density at radius 2 is 1.74 bits per heavy atom. The van der Waals surface area contributed by atoms with Crippen molar-refractivity contribution >= 4 is 39.2 Å². The molecule has 0 unspecified atom stereocenters. The first-order chi connectivity index (χ1) is 10.7. The summed E-state index contributed by atoms with van der Waals surface area (Å²) in [5.41, 5.74) is -0.408. The molecule has 0 spiro atoms. The van der Waals surface area contributed by atoms with Gasteiger partial charge in [-0.2, -0.15) is 17.6 Å². The van der Waals surface area contributed by atoms with E-state index in [2.05, 4.69) is 5.10 Å². The Labute approximate surface area is 135 Å². The van der Waals surface area contributed by atoms with Crippen molar-refractivity contribution < 1.29 is 27.9 Å². The van der Waals surface area contributed by atoms with E-state index in [0.29, 0.717) is 9.11 Å². The molecule has 2 aromatic rings. The average Bonchev–Trinajstić information content (AvgIpc) is 2.97. The molecule has 2 rings (SSSR count). The van der Waals surface area contributed by atoms with Crippen LogP contribution >= 0.6 is 11.6 Å². The summed E-state index contributed by atoms with van der Waals surface area (Å²) in [5.74, 6) is -4.08. The Kier molecular flexibility index (Phi) is 4.62. The van der Waals surface area contributed by atoms with Crippen LogP contribution in [0.3, 0.4) is 0 Å². The quantitative estimate of drug-likeness (QED) is 0.465. The second kappa shape index (κ2) is 6.31. The molecule has 0 aliphatic heterocycles. The summed E-state index contributed by atoms with van der Waals surface area (Å²) in [6, 6.07) is 6.26. The van der Waals surface area contributed by atoms with Crippen molar-refractivity contribution in [1.29, 1.82) is 0 Å². The Morgan fingerprint density at radius 1 is 1.13 bits per heavy atom. The minimum absolute atomic E-state index is 0.163. The van der Waals surface area contributed by atoms with Gasteiger partial charge in [-0.25, -0.2) is 4.79 Å². The van der Waals surface area contributed by atoms with Gasteiger partial charge in [-0.15, -0.1) is 0 Å². The van der Waals surface area contributed by atoms with Crippen molar-refractivity contribution in [3.05, 3.63) is 47.2 Å². The van der Waals surface area contributed by atoms with Gasteiger partial charge in [0.1, 0.15) is 5.69 Å². The lowest BCUT2D eigenvalue weighted by molar-refractivity contribution is -0.148. The highest BCUT2D eigenvalue weighted by molar-refractivity contribution is 7.89. The van der Waals surface area contributed by atoms with E-state index in [0.717, 1.165) is 12.3 Å². The van der Waals surface area contributed by atoms with Crippen molar-refractivity contribution in [2.24, 2.45) is 0 Å². The zero-order valence-electron chi connectivity index (χ0n) is 11.3. The summed E-state index contributed by atoms with van der Waals surface area (Å²) in [7, 11) is -4.18. The fourth-order valence-electron chi connectivity index (χ4n) is 1.70. The van der Waals surface area contributed by atoms with Crippen LogP contribution in [0.5, 0.6) is 0 Å². The van der Waals surface area contributed by atoms with E-state index < -0.39 is 39.7 Å². The summed E-state index contributed by atoms with van der Waals surface area (Å²) in [5, 5.41) is 12.4. The third kappa shape index (κ3) is 3.46. The van der Waals surface area contributed by atoms with Crippen LogP contribution in [0.25, 0.3) is 0 Å². The second-order valence-corrected chi connectivity index (χ2v) is 6.55. The van der Waals surface area contributed by atoms with Crippen LogP contribution in [0.15, 0.2) is 41.4 Å². The molecule has 10 heteroatoms. The number of benzene rings is 1. The van der Waals surface area contributed by atoms with Crippen LogP contribution in [0, 0.1) is 0 Å². The standard InChI is InChI=1S/C13H9ClN2O6S/c14-8-1-3-9(4-2-8)23(21,22)16-10(5-6-15-16)11(17)7-12(18)13(19)20/h1-6H,7H2,(H,19,20). The number of carboxylic acids is 1. The number of hydrogen-bond acceptors (Lipinski definition) is 6. The van der Waals surface area contributed by atoms with Gasteiger partial charge in [0.05, 0.1) is 17.5 Å². The third-order valence-corrected chi connectivity index (χ3v) is 4.66. The van der Waals surface area contributed by atoms with E-state index in [1.807, 2.05) is 0 Å². The summed E-state index contributed by atoms with van der Waals surface area (Å²) in [6.45, 7) is 0. The predicted molar refractivity (Wildman–Crippen MR) is 77.9 cm³/mol. The fourth-order valence-corrected chi connectivity index (χ4v) is 3.11. The monoisotopic (exact) mass is 356 g/mol. The van der Waals surface area contributed by atoms with Crippen molar-refractivity contribution in [1.82, 2.24) is 9.19 Å². The zero-order chi connectivity index (χ0) is 17.2. The van der Waals surface area contributed by atoms with Gasteiger partial charge in [0.25, 0.3) is 10.0 Å². The summed E-state index contributed by atoms with van der Waals surface area (Å²) < 4.78 is 25.4. The van der Waals surface area contributed by atoms with Gasteiger partial charge in [0.15, 0.2) is 5.78 Å².